The molecule has 0 aromatic rings. The highest BCUT2D eigenvalue weighted by Crippen LogP contribution is 1.84. The van der Waals surface area contributed by atoms with Gasteiger partial charge in [-0.05, 0) is 41.5 Å². The number of hydrogen-bond donors (Lipinski definition) is 3. The lowest BCUT2D eigenvalue weighted by molar-refractivity contribution is -0.117. The molecule has 5 heteroatoms. The Kier molecular flexibility index (Phi) is 37.7. The SMILES string of the molecule is C=C(C)C(=O)NCCC.CNC.CNC.I. The summed E-state index contributed by atoms with van der Waals surface area (Å²) < 4.78 is 0. The predicted octanol–water partition coefficient (Wildman–Crippen LogP) is 1.38. The second-order valence-electron chi connectivity index (χ2n) is 3.04. The molecule has 0 bridgehead atoms. The minimum Gasteiger partial charge on any atom is -0.352 e. The maximum absolute atomic E-state index is 10.7. The van der Waals surface area contributed by atoms with E-state index in [1.54, 1.807) is 6.92 Å². The molecular formula is C11H28IN3O. The quantitative estimate of drug-likeness (QED) is 0.535. The van der Waals surface area contributed by atoms with Crippen molar-refractivity contribution in [3.8, 4) is 0 Å². The van der Waals surface area contributed by atoms with E-state index in [4.69, 9.17) is 0 Å². The zero-order valence-electron chi connectivity index (χ0n) is 11.4. The average molecular weight is 345 g/mol. The first-order valence-corrected chi connectivity index (χ1v) is 5.12. The molecule has 0 aliphatic heterocycles. The molecule has 0 aliphatic carbocycles. The van der Waals surface area contributed by atoms with E-state index in [1.807, 2.05) is 35.1 Å². The van der Waals surface area contributed by atoms with Crippen molar-refractivity contribution in [2.24, 2.45) is 0 Å². The summed E-state index contributed by atoms with van der Waals surface area (Å²) in [4.78, 5) is 10.7. The number of hydrogen-bond acceptors (Lipinski definition) is 3. The molecule has 0 aliphatic rings. The number of carbonyl (C=O) groups excluding carboxylic acids is 1. The maximum Gasteiger partial charge on any atom is 0.246 e. The molecule has 1 amide bonds. The van der Waals surface area contributed by atoms with Gasteiger partial charge >= 0.3 is 0 Å². The molecule has 3 N–H and O–H groups in total. The Morgan fingerprint density at radius 3 is 1.62 bits per heavy atom. The number of nitrogens with one attached hydrogen (secondary N) is 3. The molecule has 0 saturated heterocycles. The van der Waals surface area contributed by atoms with E-state index in [0.29, 0.717) is 5.57 Å². The second-order valence-corrected chi connectivity index (χ2v) is 3.04. The number of halogens is 1. The topological polar surface area (TPSA) is 53.2 Å². The Balaban J connectivity index is -0.0000000870. The highest BCUT2D eigenvalue weighted by Gasteiger charge is 1.96. The van der Waals surface area contributed by atoms with E-state index < -0.39 is 0 Å². The third kappa shape index (κ3) is 37.1. The summed E-state index contributed by atoms with van der Waals surface area (Å²) in [5.74, 6) is -0.0446. The molecule has 100 valence electrons. The first-order valence-electron chi connectivity index (χ1n) is 5.12. The van der Waals surface area contributed by atoms with Gasteiger partial charge in [-0.25, -0.2) is 0 Å². The van der Waals surface area contributed by atoms with Gasteiger partial charge in [0.1, 0.15) is 0 Å². The average Bonchev–Trinajstić information content (AvgIpc) is 2.16. The Labute approximate surface area is 118 Å². The van der Waals surface area contributed by atoms with Gasteiger partial charge in [0, 0.05) is 12.1 Å². The fraction of sp³-hybridized carbons (Fsp3) is 0.727. The summed E-state index contributed by atoms with van der Waals surface area (Å²) in [5.41, 5.74) is 0.573. The molecule has 16 heavy (non-hydrogen) atoms. The highest BCUT2D eigenvalue weighted by atomic mass is 127. The van der Waals surface area contributed by atoms with Gasteiger partial charge in [0.05, 0.1) is 0 Å². The van der Waals surface area contributed by atoms with Crippen molar-refractivity contribution in [1.29, 1.82) is 0 Å². The van der Waals surface area contributed by atoms with Gasteiger partial charge < -0.3 is 16.0 Å². The smallest absolute Gasteiger partial charge is 0.246 e. The predicted molar refractivity (Wildman–Crippen MR) is 83.5 cm³/mol. The van der Waals surface area contributed by atoms with Crippen molar-refractivity contribution in [3.63, 3.8) is 0 Å². The van der Waals surface area contributed by atoms with Gasteiger partial charge in [0.25, 0.3) is 0 Å². The van der Waals surface area contributed by atoms with Crippen LogP contribution in [0.25, 0.3) is 0 Å². The van der Waals surface area contributed by atoms with Crippen LogP contribution >= 0.6 is 24.0 Å². The van der Waals surface area contributed by atoms with Crippen LogP contribution in [0.4, 0.5) is 0 Å². The molecule has 0 saturated carbocycles. The Morgan fingerprint density at radius 2 is 1.44 bits per heavy atom. The summed E-state index contributed by atoms with van der Waals surface area (Å²) >= 11 is 0. The van der Waals surface area contributed by atoms with E-state index in [1.165, 1.54) is 0 Å². The molecule has 4 nitrogen and oxygen atoms in total. The van der Waals surface area contributed by atoms with Crippen LogP contribution in [-0.2, 0) is 4.79 Å². The van der Waals surface area contributed by atoms with E-state index in [2.05, 4.69) is 22.5 Å². The largest absolute Gasteiger partial charge is 0.352 e. The summed E-state index contributed by atoms with van der Waals surface area (Å²) in [6.07, 6.45) is 0.971. The molecule has 0 unspecified atom stereocenters. The Hall–Kier alpha value is -0.140. The molecule has 0 rings (SSSR count). The molecule has 0 spiro atoms. The highest BCUT2D eigenvalue weighted by molar-refractivity contribution is 14.0. The standard InChI is InChI=1S/C7H13NO.2C2H7N.HI/c1-4-5-8-7(9)6(2)3;2*1-3-2;/h2,4-5H2,1,3H3,(H,8,9);2*3H,1-2H3;1H. The van der Waals surface area contributed by atoms with Crippen molar-refractivity contribution < 1.29 is 4.79 Å². The fourth-order valence-corrected chi connectivity index (χ4v) is 0.389. The van der Waals surface area contributed by atoms with Gasteiger partial charge in [0.2, 0.25) is 5.91 Å². The summed E-state index contributed by atoms with van der Waals surface area (Å²) in [6, 6.07) is 0. The van der Waals surface area contributed by atoms with Gasteiger partial charge in [-0.3, -0.25) is 4.79 Å². The molecule has 0 aromatic carbocycles. The Morgan fingerprint density at radius 1 is 1.12 bits per heavy atom. The van der Waals surface area contributed by atoms with Crippen molar-refractivity contribution in [2.75, 3.05) is 34.7 Å². The lowest BCUT2D eigenvalue weighted by atomic mass is 10.3. The molecule has 0 radical (unpaired) electrons. The van der Waals surface area contributed by atoms with E-state index in [9.17, 15) is 4.79 Å². The summed E-state index contributed by atoms with van der Waals surface area (Å²) in [7, 11) is 7.50. The normalized spacial score (nSPS) is 7.12. The van der Waals surface area contributed by atoms with Gasteiger partial charge in [-0.1, -0.05) is 13.5 Å². The summed E-state index contributed by atoms with van der Waals surface area (Å²) in [6.45, 7) is 7.95. The van der Waals surface area contributed by atoms with E-state index >= 15 is 0 Å². The zero-order valence-corrected chi connectivity index (χ0v) is 13.8. The van der Waals surface area contributed by atoms with Crippen LogP contribution in [-0.4, -0.2) is 40.6 Å². The van der Waals surface area contributed by atoms with Crippen LogP contribution in [0.2, 0.25) is 0 Å². The first-order chi connectivity index (χ1) is 7.01. The first kappa shape index (κ1) is 24.9. The molecule has 0 heterocycles. The molecule has 0 aromatic heterocycles. The number of amides is 1. The van der Waals surface area contributed by atoms with Crippen LogP contribution in [0.1, 0.15) is 20.3 Å². The summed E-state index contributed by atoms with van der Waals surface area (Å²) in [5, 5.41) is 8.19. The van der Waals surface area contributed by atoms with Crippen LogP contribution in [0.3, 0.4) is 0 Å². The molecule has 0 atom stereocenters. The van der Waals surface area contributed by atoms with Crippen LogP contribution in [0, 0.1) is 0 Å². The Bertz CT molecular complexity index is 150. The lowest BCUT2D eigenvalue weighted by Gasteiger charge is -1.99. The monoisotopic (exact) mass is 345 g/mol. The number of carbonyl (C=O) groups is 1. The minimum absolute atomic E-state index is 0. The third-order valence-corrected chi connectivity index (χ3v) is 0.923. The lowest BCUT2D eigenvalue weighted by Crippen LogP contribution is -2.24. The van der Waals surface area contributed by atoms with Gasteiger partial charge in [-0.2, -0.15) is 0 Å². The third-order valence-electron chi connectivity index (χ3n) is 0.923. The molecule has 0 fully saturated rings. The van der Waals surface area contributed by atoms with E-state index in [0.717, 1.165) is 13.0 Å². The van der Waals surface area contributed by atoms with E-state index in [-0.39, 0.29) is 29.9 Å². The van der Waals surface area contributed by atoms with Crippen LogP contribution < -0.4 is 16.0 Å². The van der Waals surface area contributed by atoms with Crippen molar-refractivity contribution in [1.82, 2.24) is 16.0 Å². The van der Waals surface area contributed by atoms with Crippen molar-refractivity contribution in [3.05, 3.63) is 12.2 Å². The van der Waals surface area contributed by atoms with Crippen LogP contribution in [0.15, 0.2) is 12.2 Å². The van der Waals surface area contributed by atoms with Gasteiger partial charge in [-0.15, -0.1) is 24.0 Å². The van der Waals surface area contributed by atoms with Gasteiger partial charge in [0.15, 0.2) is 0 Å². The van der Waals surface area contributed by atoms with Crippen molar-refractivity contribution in [2.45, 2.75) is 20.3 Å². The fourth-order valence-electron chi connectivity index (χ4n) is 0.389. The second kappa shape index (κ2) is 24.2. The molecular weight excluding hydrogens is 317 g/mol. The van der Waals surface area contributed by atoms with Crippen molar-refractivity contribution >= 4 is 29.9 Å². The minimum atomic E-state index is -0.0446. The van der Waals surface area contributed by atoms with Crippen LogP contribution in [0.5, 0.6) is 0 Å². The maximum atomic E-state index is 10.7. The number of rotatable bonds is 3. The zero-order chi connectivity index (χ0) is 12.7.